The van der Waals surface area contributed by atoms with E-state index in [1.54, 1.807) is 13.0 Å². The number of nitrogens with zero attached hydrogens (tertiary/aromatic N) is 3. The molecule has 2 fully saturated rings. The van der Waals surface area contributed by atoms with E-state index in [-0.39, 0.29) is 24.2 Å². The number of anilines is 1. The molecule has 1 atom stereocenters. The predicted octanol–water partition coefficient (Wildman–Crippen LogP) is -0.216. The largest absolute Gasteiger partial charge is 0.379 e. The number of nitrogens with one attached hydrogen (secondary N) is 1. The smallest absolute Gasteiger partial charge is 0.229 e. The van der Waals surface area contributed by atoms with E-state index in [9.17, 15) is 9.59 Å². The SMILES string of the molecule is Cc1cc(N2CC(C(=O)NCCN3CCOCC3)CC2=O)no1. The summed E-state index contributed by atoms with van der Waals surface area (Å²) in [6, 6.07) is 1.70. The lowest BCUT2D eigenvalue weighted by Gasteiger charge is -2.26. The number of aryl methyl sites for hydroxylation is 1. The Kier molecular flexibility index (Phi) is 4.92. The van der Waals surface area contributed by atoms with E-state index >= 15 is 0 Å². The fraction of sp³-hybridized carbons (Fsp3) is 0.667. The highest BCUT2D eigenvalue weighted by Gasteiger charge is 2.36. The molecule has 0 spiro atoms. The van der Waals surface area contributed by atoms with Gasteiger partial charge in [-0.25, -0.2) is 0 Å². The summed E-state index contributed by atoms with van der Waals surface area (Å²) in [5.41, 5.74) is 0. The van der Waals surface area contributed by atoms with Crippen molar-refractivity contribution in [3.63, 3.8) is 0 Å². The van der Waals surface area contributed by atoms with Crippen molar-refractivity contribution in [2.75, 3.05) is 50.8 Å². The van der Waals surface area contributed by atoms with E-state index < -0.39 is 0 Å². The van der Waals surface area contributed by atoms with Gasteiger partial charge in [0, 0.05) is 45.2 Å². The quantitative estimate of drug-likeness (QED) is 0.807. The van der Waals surface area contributed by atoms with Crippen LogP contribution >= 0.6 is 0 Å². The number of ether oxygens (including phenoxy) is 1. The molecule has 0 saturated carbocycles. The summed E-state index contributed by atoms with van der Waals surface area (Å²) >= 11 is 0. The maximum absolute atomic E-state index is 12.2. The van der Waals surface area contributed by atoms with Gasteiger partial charge in [-0.05, 0) is 6.92 Å². The maximum Gasteiger partial charge on any atom is 0.229 e. The normalized spacial score (nSPS) is 22.6. The molecule has 1 aromatic rings. The van der Waals surface area contributed by atoms with Crippen LogP contribution in [0.2, 0.25) is 0 Å². The van der Waals surface area contributed by atoms with Crippen molar-refractivity contribution in [2.24, 2.45) is 5.92 Å². The number of hydrogen-bond acceptors (Lipinski definition) is 6. The van der Waals surface area contributed by atoms with Crippen molar-refractivity contribution >= 4 is 17.6 Å². The summed E-state index contributed by atoms with van der Waals surface area (Å²) < 4.78 is 10.3. The first-order chi connectivity index (χ1) is 11.1. The van der Waals surface area contributed by atoms with Gasteiger partial charge >= 0.3 is 0 Å². The van der Waals surface area contributed by atoms with Crippen molar-refractivity contribution in [3.05, 3.63) is 11.8 Å². The molecular weight excluding hydrogens is 300 g/mol. The lowest BCUT2D eigenvalue weighted by atomic mass is 10.1. The van der Waals surface area contributed by atoms with Crippen LogP contribution < -0.4 is 10.2 Å². The zero-order chi connectivity index (χ0) is 16.2. The monoisotopic (exact) mass is 322 g/mol. The first-order valence-electron chi connectivity index (χ1n) is 7.95. The Balaban J connectivity index is 1.46. The highest BCUT2D eigenvalue weighted by atomic mass is 16.5. The third-order valence-electron chi connectivity index (χ3n) is 4.22. The van der Waals surface area contributed by atoms with Crippen LogP contribution in [0.15, 0.2) is 10.6 Å². The van der Waals surface area contributed by atoms with E-state index in [4.69, 9.17) is 9.26 Å². The number of aromatic nitrogens is 1. The van der Waals surface area contributed by atoms with E-state index in [0.29, 0.717) is 24.7 Å². The Hall–Kier alpha value is -1.93. The molecular formula is C15H22N4O4. The van der Waals surface area contributed by atoms with Crippen molar-refractivity contribution in [1.82, 2.24) is 15.4 Å². The van der Waals surface area contributed by atoms with E-state index in [1.165, 1.54) is 4.90 Å². The van der Waals surface area contributed by atoms with Crippen LogP contribution in [-0.4, -0.2) is 67.8 Å². The van der Waals surface area contributed by atoms with E-state index in [1.807, 2.05) is 0 Å². The molecule has 2 aliphatic rings. The molecule has 2 saturated heterocycles. The summed E-state index contributed by atoms with van der Waals surface area (Å²) in [7, 11) is 0. The minimum atomic E-state index is -0.329. The Bertz CT molecular complexity index is 568. The molecule has 0 aliphatic carbocycles. The highest BCUT2D eigenvalue weighted by molar-refractivity contribution is 5.99. The Morgan fingerprint density at radius 1 is 1.43 bits per heavy atom. The third kappa shape index (κ3) is 3.89. The van der Waals surface area contributed by atoms with Gasteiger partial charge in [0.1, 0.15) is 5.76 Å². The zero-order valence-corrected chi connectivity index (χ0v) is 13.3. The molecule has 23 heavy (non-hydrogen) atoms. The van der Waals surface area contributed by atoms with Crippen molar-refractivity contribution in [2.45, 2.75) is 13.3 Å². The summed E-state index contributed by atoms with van der Waals surface area (Å²) in [5, 5.41) is 6.77. The van der Waals surface area contributed by atoms with Gasteiger partial charge in [0.15, 0.2) is 5.82 Å². The fourth-order valence-corrected chi connectivity index (χ4v) is 2.89. The molecule has 3 heterocycles. The predicted molar refractivity (Wildman–Crippen MR) is 82.0 cm³/mol. The van der Waals surface area contributed by atoms with Crippen LogP contribution in [0.1, 0.15) is 12.2 Å². The first-order valence-corrected chi connectivity index (χ1v) is 7.95. The summed E-state index contributed by atoms with van der Waals surface area (Å²) in [4.78, 5) is 28.1. The number of morpholine rings is 1. The molecule has 1 unspecified atom stereocenters. The number of carbonyl (C=O) groups excluding carboxylic acids is 2. The molecule has 1 N–H and O–H groups in total. The standard InChI is InChI=1S/C15H22N4O4/c1-11-8-13(17-23-11)19-10-12(9-14(19)20)15(21)16-2-3-18-4-6-22-7-5-18/h8,12H,2-7,9-10H2,1H3,(H,16,21). The van der Waals surface area contributed by atoms with Gasteiger partial charge < -0.3 is 14.6 Å². The lowest BCUT2D eigenvalue weighted by molar-refractivity contribution is -0.126. The van der Waals surface area contributed by atoms with Crippen LogP contribution in [-0.2, 0) is 14.3 Å². The van der Waals surface area contributed by atoms with Gasteiger partial charge in [-0.1, -0.05) is 5.16 Å². The molecule has 8 heteroatoms. The van der Waals surface area contributed by atoms with Gasteiger partial charge in [0.2, 0.25) is 11.8 Å². The van der Waals surface area contributed by atoms with Gasteiger partial charge in [0.25, 0.3) is 0 Å². The molecule has 8 nitrogen and oxygen atoms in total. The maximum atomic E-state index is 12.2. The first kappa shape index (κ1) is 15.9. The molecule has 1 aromatic heterocycles. The molecule has 126 valence electrons. The molecule has 2 aliphatic heterocycles. The Labute approximate surface area is 134 Å². The van der Waals surface area contributed by atoms with Gasteiger partial charge in [-0.2, -0.15) is 0 Å². The second kappa shape index (κ2) is 7.10. The van der Waals surface area contributed by atoms with Crippen molar-refractivity contribution < 1.29 is 18.8 Å². The zero-order valence-electron chi connectivity index (χ0n) is 13.3. The van der Waals surface area contributed by atoms with Gasteiger partial charge in [-0.15, -0.1) is 0 Å². The summed E-state index contributed by atoms with van der Waals surface area (Å²) in [6.45, 7) is 6.82. The fourth-order valence-electron chi connectivity index (χ4n) is 2.89. The Morgan fingerprint density at radius 3 is 2.91 bits per heavy atom. The molecule has 0 aromatic carbocycles. The highest BCUT2D eigenvalue weighted by Crippen LogP contribution is 2.24. The number of amides is 2. The van der Waals surface area contributed by atoms with E-state index in [2.05, 4.69) is 15.4 Å². The second-order valence-electron chi connectivity index (χ2n) is 5.95. The third-order valence-corrected chi connectivity index (χ3v) is 4.22. The lowest BCUT2D eigenvalue weighted by Crippen LogP contribution is -2.42. The van der Waals surface area contributed by atoms with Crippen LogP contribution in [0.4, 0.5) is 5.82 Å². The van der Waals surface area contributed by atoms with Crippen LogP contribution in [0.3, 0.4) is 0 Å². The minimum Gasteiger partial charge on any atom is -0.379 e. The molecule has 0 radical (unpaired) electrons. The average molecular weight is 322 g/mol. The Morgan fingerprint density at radius 2 is 2.22 bits per heavy atom. The van der Waals surface area contributed by atoms with Crippen LogP contribution in [0.5, 0.6) is 0 Å². The van der Waals surface area contributed by atoms with Crippen LogP contribution in [0, 0.1) is 12.8 Å². The van der Waals surface area contributed by atoms with Gasteiger partial charge in [-0.3, -0.25) is 19.4 Å². The van der Waals surface area contributed by atoms with Crippen molar-refractivity contribution in [1.29, 1.82) is 0 Å². The molecule has 0 bridgehead atoms. The summed E-state index contributed by atoms with van der Waals surface area (Å²) in [5.74, 6) is 0.632. The number of rotatable bonds is 5. The minimum absolute atomic E-state index is 0.0747. The number of hydrogen-bond donors (Lipinski definition) is 1. The van der Waals surface area contributed by atoms with E-state index in [0.717, 1.165) is 32.8 Å². The summed E-state index contributed by atoms with van der Waals surface area (Å²) in [6.07, 6.45) is 0.218. The van der Waals surface area contributed by atoms with Gasteiger partial charge in [0.05, 0.1) is 19.1 Å². The second-order valence-corrected chi connectivity index (χ2v) is 5.95. The van der Waals surface area contributed by atoms with Crippen molar-refractivity contribution in [3.8, 4) is 0 Å². The van der Waals surface area contributed by atoms with Crippen LogP contribution in [0.25, 0.3) is 0 Å². The topological polar surface area (TPSA) is 87.9 Å². The number of carbonyl (C=O) groups is 2. The molecule has 3 rings (SSSR count). The molecule has 2 amide bonds. The average Bonchev–Trinajstić information content (AvgIpc) is 3.14.